The van der Waals surface area contributed by atoms with Crippen LogP contribution in [0.15, 0.2) is 18.2 Å². The number of imide groups is 1. The molecule has 1 saturated heterocycles. The lowest BCUT2D eigenvalue weighted by Crippen LogP contribution is -2.54. The van der Waals surface area contributed by atoms with Crippen LogP contribution in [-0.4, -0.2) is 18.5 Å². The zero-order valence-corrected chi connectivity index (χ0v) is 10.5. The Morgan fingerprint density at radius 1 is 1.29 bits per heavy atom. The van der Waals surface area contributed by atoms with E-state index in [9.17, 15) is 9.59 Å². The molecule has 0 radical (unpaired) electrons. The molecular weight excluding hydrogens is 263 g/mol. The van der Waals surface area contributed by atoms with Crippen LogP contribution in [0.1, 0.15) is 6.92 Å². The number of nitrogens with zero attached hydrogens (tertiary/aromatic N) is 1. The molecule has 1 heterocycles. The summed E-state index contributed by atoms with van der Waals surface area (Å²) in [6.07, 6.45) is 0. The molecule has 1 fully saturated rings. The van der Waals surface area contributed by atoms with Gasteiger partial charge in [0, 0.05) is 6.54 Å². The van der Waals surface area contributed by atoms with E-state index in [0.717, 1.165) is 4.90 Å². The van der Waals surface area contributed by atoms with Crippen molar-refractivity contribution in [2.75, 3.05) is 11.4 Å². The van der Waals surface area contributed by atoms with E-state index in [2.05, 4.69) is 5.32 Å². The molecule has 1 aromatic carbocycles. The van der Waals surface area contributed by atoms with E-state index in [0.29, 0.717) is 22.3 Å². The van der Waals surface area contributed by atoms with E-state index in [1.807, 2.05) is 0 Å². The van der Waals surface area contributed by atoms with Gasteiger partial charge in [0.15, 0.2) is 0 Å². The van der Waals surface area contributed by atoms with Crippen LogP contribution in [0.4, 0.5) is 10.5 Å². The van der Waals surface area contributed by atoms with E-state index in [4.69, 9.17) is 23.2 Å². The number of amides is 3. The maximum absolute atomic E-state index is 11.9. The first kappa shape index (κ1) is 12.2. The van der Waals surface area contributed by atoms with Crippen molar-refractivity contribution in [3.8, 4) is 0 Å². The van der Waals surface area contributed by atoms with E-state index in [1.165, 1.54) is 6.07 Å². The van der Waals surface area contributed by atoms with E-state index < -0.39 is 6.03 Å². The third-order valence-corrected chi connectivity index (χ3v) is 3.30. The van der Waals surface area contributed by atoms with Gasteiger partial charge in [-0.15, -0.1) is 0 Å². The summed E-state index contributed by atoms with van der Waals surface area (Å²) in [6.45, 7) is 2.11. The molecule has 1 unspecified atom stereocenters. The van der Waals surface area contributed by atoms with Gasteiger partial charge in [-0.25, -0.2) is 9.69 Å². The summed E-state index contributed by atoms with van der Waals surface area (Å²) >= 11 is 11.6. The van der Waals surface area contributed by atoms with Crippen molar-refractivity contribution >= 4 is 40.8 Å². The molecule has 0 spiro atoms. The number of nitrogens with one attached hydrogen (secondary N) is 1. The normalized spacial score (nSPS) is 20.4. The zero-order chi connectivity index (χ0) is 12.6. The minimum Gasteiger partial charge on any atom is -0.337 e. The van der Waals surface area contributed by atoms with Crippen LogP contribution < -0.4 is 10.2 Å². The maximum Gasteiger partial charge on any atom is 0.328 e. The van der Waals surface area contributed by atoms with Crippen molar-refractivity contribution < 1.29 is 9.59 Å². The van der Waals surface area contributed by atoms with Crippen LogP contribution in [0, 0.1) is 5.92 Å². The van der Waals surface area contributed by atoms with Gasteiger partial charge in [0.2, 0.25) is 5.91 Å². The third kappa shape index (κ3) is 2.23. The first-order valence-corrected chi connectivity index (χ1v) is 5.83. The fourth-order valence-electron chi connectivity index (χ4n) is 1.60. The average molecular weight is 273 g/mol. The second-order valence-electron chi connectivity index (χ2n) is 3.86. The zero-order valence-electron chi connectivity index (χ0n) is 9.04. The highest BCUT2D eigenvalue weighted by Gasteiger charge is 2.32. The van der Waals surface area contributed by atoms with Crippen molar-refractivity contribution in [2.24, 2.45) is 5.92 Å². The predicted molar refractivity (Wildman–Crippen MR) is 66.5 cm³/mol. The molecule has 1 N–H and O–H groups in total. The van der Waals surface area contributed by atoms with Gasteiger partial charge in [-0.2, -0.15) is 0 Å². The smallest absolute Gasteiger partial charge is 0.328 e. The van der Waals surface area contributed by atoms with Gasteiger partial charge in [0.1, 0.15) is 0 Å². The van der Waals surface area contributed by atoms with E-state index in [-0.39, 0.29) is 11.8 Å². The predicted octanol–water partition coefficient (Wildman–Crippen LogP) is 2.69. The van der Waals surface area contributed by atoms with Gasteiger partial charge < -0.3 is 5.32 Å². The van der Waals surface area contributed by atoms with Gasteiger partial charge in [-0.05, 0) is 18.2 Å². The molecule has 0 aliphatic carbocycles. The van der Waals surface area contributed by atoms with Crippen molar-refractivity contribution in [1.29, 1.82) is 0 Å². The van der Waals surface area contributed by atoms with Crippen LogP contribution in [0.5, 0.6) is 0 Å². The quantitative estimate of drug-likeness (QED) is 0.855. The molecule has 4 nitrogen and oxygen atoms in total. The van der Waals surface area contributed by atoms with Crippen molar-refractivity contribution in [1.82, 2.24) is 5.32 Å². The van der Waals surface area contributed by atoms with Gasteiger partial charge >= 0.3 is 6.03 Å². The Hall–Kier alpha value is -1.26. The van der Waals surface area contributed by atoms with Crippen molar-refractivity contribution in [2.45, 2.75) is 6.92 Å². The number of anilines is 1. The minimum absolute atomic E-state index is 0.243. The first-order chi connectivity index (χ1) is 8.00. The number of rotatable bonds is 1. The van der Waals surface area contributed by atoms with Crippen molar-refractivity contribution in [3.05, 3.63) is 28.2 Å². The highest BCUT2D eigenvalue weighted by Crippen LogP contribution is 2.28. The number of urea groups is 1. The van der Waals surface area contributed by atoms with Gasteiger partial charge in [0.25, 0.3) is 0 Å². The molecule has 0 bridgehead atoms. The number of halogens is 2. The second-order valence-corrected chi connectivity index (χ2v) is 4.67. The molecule has 1 aliphatic heterocycles. The molecule has 17 heavy (non-hydrogen) atoms. The molecule has 0 aromatic heterocycles. The highest BCUT2D eigenvalue weighted by molar-refractivity contribution is 6.42. The highest BCUT2D eigenvalue weighted by atomic mass is 35.5. The van der Waals surface area contributed by atoms with E-state index >= 15 is 0 Å². The molecule has 3 amide bonds. The summed E-state index contributed by atoms with van der Waals surface area (Å²) in [7, 11) is 0. The van der Waals surface area contributed by atoms with Crippen LogP contribution in [0.3, 0.4) is 0 Å². The molecule has 6 heteroatoms. The van der Waals surface area contributed by atoms with Gasteiger partial charge in [-0.1, -0.05) is 30.1 Å². The van der Waals surface area contributed by atoms with Gasteiger partial charge in [-0.3, -0.25) is 4.79 Å². The minimum atomic E-state index is -0.438. The second kappa shape index (κ2) is 4.55. The van der Waals surface area contributed by atoms with Gasteiger partial charge in [0.05, 0.1) is 21.7 Å². The Morgan fingerprint density at radius 2 is 2.00 bits per heavy atom. The molecule has 2 rings (SSSR count). The molecule has 1 atom stereocenters. The number of hydrogen-bond acceptors (Lipinski definition) is 2. The van der Waals surface area contributed by atoms with Crippen LogP contribution >= 0.6 is 23.2 Å². The Balaban J connectivity index is 2.39. The van der Waals surface area contributed by atoms with Crippen molar-refractivity contribution in [3.63, 3.8) is 0 Å². The fraction of sp³-hybridized carbons (Fsp3) is 0.273. The lowest BCUT2D eigenvalue weighted by atomic mass is 10.1. The lowest BCUT2D eigenvalue weighted by molar-refractivity contribution is -0.121. The van der Waals surface area contributed by atoms with Crippen LogP contribution in [0.2, 0.25) is 10.0 Å². The monoisotopic (exact) mass is 272 g/mol. The Kier molecular flexibility index (Phi) is 3.26. The van der Waals surface area contributed by atoms with Crippen LogP contribution in [-0.2, 0) is 4.79 Å². The Morgan fingerprint density at radius 3 is 2.65 bits per heavy atom. The SMILES string of the molecule is CC1CNC(=O)N(c2ccc(Cl)c(Cl)c2)C1=O. The summed E-state index contributed by atoms with van der Waals surface area (Å²) in [5.41, 5.74) is 0.424. The molecule has 1 aliphatic rings. The number of hydrogen-bond donors (Lipinski definition) is 1. The summed E-state index contributed by atoms with van der Waals surface area (Å²) in [5.74, 6) is -0.491. The maximum atomic E-state index is 11.9. The molecule has 1 aromatic rings. The fourth-order valence-corrected chi connectivity index (χ4v) is 1.89. The standard InChI is InChI=1S/C11H10Cl2N2O2/c1-6-5-14-11(17)15(10(6)16)7-2-3-8(12)9(13)4-7/h2-4,6H,5H2,1H3,(H,14,17). The summed E-state index contributed by atoms with van der Waals surface area (Å²) in [6, 6.07) is 4.20. The Bertz CT molecular complexity index is 490. The Labute approximate surface area is 108 Å². The molecule has 0 saturated carbocycles. The first-order valence-electron chi connectivity index (χ1n) is 5.07. The van der Waals surface area contributed by atoms with E-state index in [1.54, 1.807) is 19.1 Å². The molecular formula is C11H10Cl2N2O2. The summed E-state index contributed by atoms with van der Waals surface area (Å²) in [5, 5.41) is 3.33. The van der Waals surface area contributed by atoms with Crippen LogP contribution in [0.25, 0.3) is 0 Å². The topological polar surface area (TPSA) is 49.4 Å². The number of carbonyl (C=O) groups excluding carboxylic acids is 2. The number of carbonyl (C=O) groups is 2. The summed E-state index contributed by atoms with van der Waals surface area (Å²) < 4.78 is 0. The third-order valence-electron chi connectivity index (χ3n) is 2.57. The summed E-state index contributed by atoms with van der Waals surface area (Å²) in [4.78, 5) is 24.7. The number of benzene rings is 1. The average Bonchev–Trinajstić information content (AvgIpc) is 2.29. The largest absolute Gasteiger partial charge is 0.337 e. The molecule has 90 valence electrons. The lowest BCUT2D eigenvalue weighted by Gasteiger charge is -2.29.